The minimum atomic E-state index is 0.746. The van der Waals surface area contributed by atoms with E-state index in [0.29, 0.717) is 0 Å². The van der Waals surface area contributed by atoms with Gasteiger partial charge in [-0.1, -0.05) is 11.6 Å². The van der Waals surface area contributed by atoms with Gasteiger partial charge in [0.05, 0.1) is 13.2 Å². The molecule has 0 aromatic heterocycles. The lowest BCUT2D eigenvalue weighted by atomic mass is 10.1. The lowest BCUT2D eigenvalue weighted by molar-refractivity contribution is -0.0196. The zero-order valence-corrected chi connectivity index (χ0v) is 9.70. The number of aryl methyl sites for hydroxylation is 1. The van der Waals surface area contributed by atoms with Crippen molar-refractivity contribution in [1.29, 1.82) is 0 Å². The van der Waals surface area contributed by atoms with Gasteiger partial charge < -0.3 is 4.74 Å². The molecule has 1 aliphatic heterocycles. The van der Waals surface area contributed by atoms with Crippen LogP contribution in [0.15, 0.2) is 23.1 Å². The van der Waals surface area contributed by atoms with E-state index < -0.39 is 0 Å². The van der Waals surface area contributed by atoms with E-state index in [2.05, 4.69) is 12.1 Å². The molecular weight excluding hydrogens is 216 g/mol. The molecular formula is C11H13ClOS. The van der Waals surface area contributed by atoms with Crippen LogP contribution >= 0.6 is 23.4 Å². The minimum absolute atomic E-state index is 0.746. The highest BCUT2D eigenvalue weighted by Gasteiger charge is 2.18. The average Bonchev–Trinajstić information content (AvgIpc) is 2.08. The van der Waals surface area contributed by atoms with E-state index >= 15 is 0 Å². The lowest BCUT2D eigenvalue weighted by Gasteiger charge is -2.25. The van der Waals surface area contributed by atoms with Crippen molar-refractivity contribution in [2.45, 2.75) is 11.8 Å². The first-order valence-electron chi connectivity index (χ1n) is 4.72. The van der Waals surface area contributed by atoms with Crippen molar-refractivity contribution < 1.29 is 4.74 Å². The van der Waals surface area contributed by atoms with Gasteiger partial charge in [0.15, 0.2) is 0 Å². The monoisotopic (exact) mass is 228 g/mol. The summed E-state index contributed by atoms with van der Waals surface area (Å²) in [7, 11) is 0. The highest BCUT2D eigenvalue weighted by atomic mass is 35.5. The molecule has 0 atom stereocenters. The molecule has 0 unspecified atom stereocenters. The van der Waals surface area contributed by atoms with E-state index in [-0.39, 0.29) is 0 Å². The van der Waals surface area contributed by atoms with Gasteiger partial charge in [-0.15, -0.1) is 11.8 Å². The lowest BCUT2D eigenvalue weighted by Crippen LogP contribution is -2.29. The fourth-order valence-electron chi connectivity index (χ4n) is 1.30. The van der Waals surface area contributed by atoms with Gasteiger partial charge in [-0.2, -0.15) is 0 Å². The van der Waals surface area contributed by atoms with Gasteiger partial charge >= 0.3 is 0 Å². The van der Waals surface area contributed by atoms with Crippen LogP contribution in [0.4, 0.5) is 0 Å². The number of hydrogen-bond acceptors (Lipinski definition) is 2. The van der Waals surface area contributed by atoms with Gasteiger partial charge in [0.1, 0.15) is 0 Å². The van der Waals surface area contributed by atoms with Crippen molar-refractivity contribution in [2.24, 2.45) is 5.92 Å². The van der Waals surface area contributed by atoms with Crippen LogP contribution in [-0.2, 0) is 4.74 Å². The van der Waals surface area contributed by atoms with E-state index in [1.807, 2.05) is 24.8 Å². The summed E-state index contributed by atoms with van der Waals surface area (Å²) in [5, 5.41) is 0.848. The Bertz CT molecular complexity index is 323. The first-order valence-corrected chi connectivity index (χ1v) is 6.09. The van der Waals surface area contributed by atoms with Crippen molar-refractivity contribution in [2.75, 3.05) is 19.0 Å². The van der Waals surface area contributed by atoms with Gasteiger partial charge in [-0.3, -0.25) is 0 Å². The molecule has 3 heteroatoms. The molecule has 1 nitrogen and oxygen atoms in total. The minimum Gasteiger partial charge on any atom is -0.381 e. The van der Waals surface area contributed by atoms with Crippen molar-refractivity contribution in [3.63, 3.8) is 0 Å². The van der Waals surface area contributed by atoms with Crippen LogP contribution in [0.3, 0.4) is 0 Å². The second-order valence-corrected chi connectivity index (χ2v) is 5.13. The summed E-state index contributed by atoms with van der Waals surface area (Å²) in [5.74, 6) is 1.90. The smallest absolute Gasteiger partial charge is 0.0524 e. The molecule has 1 saturated heterocycles. The van der Waals surface area contributed by atoms with Crippen molar-refractivity contribution in [1.82, 2.24) is 0 Å². The molecule has 0 amide bonds. The Morgan fingerprint density at radius 1 is 1.50 bits per heavy atom. The number of thioether (sulfide) groups is 1. The molecule has 2 rings (SSSR count). The van der Waals surface area contributed by atoms with Gasteiger partial charge in [-0.25, -0.2) is 0 Å². The highest BCUT2D eigenvalue weighted by molar-refractivity contribution is 7.99. The third-order valence-corrected chi connectivity index (χ3v) is 3.97. The van der Waals surface area contributed by atoms with E-state index in [1.54, 1.807) is 0 Å². The standard InChI is InChI=1S/C11H13ClOS/c1-8-4-10(2-3-11(8)12)14-7-9-5-13-6-9/h2-4,9H,5-7H2,1H3. The summed E-state index contributed by atoms with van der Waals surface area (Å²) in [6.45, 7) is 3.90. The molecule has 0 N–H and O–H groups in total. The normalized spacial score (nSPS) is 16.7. The molecule has 0 aliphatic carbocycles. The Morgan fingerprint density at radius 3 is 2.86 bits per heavy atom. The summed E-state index contributed by atoms with van der Waals surface area (Å²) in [5.41, 5.74) is 1.15. The second-order valence-electron chi connectivity index (χ2n) is 3.63. The Balaban J connectivity index is 1.91. The number of rotatable bonds is 3. The quantitative estimate of drug-likeness (QED) is 0.734. The van der Waals surface area contributed by atoms with Gasteiger partial charge in [-0.05, 0) is 30.7 Å². The predicted octanol–water partition coefficient (Wildman–Crippen LogP) is 3.39. The summed E-state index contributed by atoms with van der Waals surface area (Å²) < 4.78 is 5.13. The third kappa shape index (κ3) is 2.44. The SMILES string of the molecule is Cc1cc(SCC2COC2)ccc1Cl. The Morgan fingerprint density at radius 2 is 2.29 bits per heavy atom. The van der Waals surface area contributed by atoms with Gasteiger partial charge in [0, 0.05) is 21.6 Å². The van der Waals surface area contributed by atoms with Gasteiger partial charge in [0.25, 0.3) is 0 Å². The number of benzene rings is 1. The zero-order valence-electron chi connectivity index (χ0n) is 8.13. The molecule has 76 valence electrons. The summed E-state index contributed by atoms with van der Waals surface area (Å²) in [6.07, 6.45) is 0. The van der Waals surface area contributed by atoms with Gasteiger partial charge in [0.2, 0.25) is 0 Å². The molecule has 1 aromatic rings. The van der Waals surface area contributed by atoms with Crippen molar-refractivity contribution >= 4 is 23.4 Å². The number of halogens is 1. The molecule has 0 saturated carbocycles. The molecule has 0 spiro atoms. The fraction of sp³-hybridized carbons (Fsp3) is 0.455. The van der Waals surface area contributed by atoms with E-state index in [1.165, 1.54) is 4.90 Å². The first kappa shape index (κ1) is 10.3. The Kier molecular flexibility index (Phi) is 3.37. The largest absolute Gasteiger partial charge is 0.381 e. The maximum atomic E-state index is 5.95. The van der Waals surface area contributed by atoms with E-state index in [0.717, 1.165) is 35.5 Å². The molecule has 1 aliphatic rings. The number of ether oxygens (including phenoxy) is 1. The van der Waals surface area contributed by atoms with Crippen molar-refractivity contribution in [3.8, 4) is 0 Å². The molecule has 1 heterocycles. The van der Waals surface area contributed by atoms with Crippen LogP contribution in [0, 0.1) is 12.8 Å². The topological polar surface area (TPSA) is 9.23 Å². The highest BCUT2D eigenvalue weighted by Crippen LogP contribution is 2.27. The van der Waals surface area contributed by atoms with Crippen LogP contribution < -0.4 is 0 Å². The summed E-state index contributed by atoms with van der Waals surface area (Å²) >= 11 is 7.84. The average molecular weight is 229 g/mol. The van der Waals surface area contributed by atoms with Crippen LogP contribution in [-0.4, -0.2) is 19.0 Å². The molecule has 0 bridgehead atoms. The zero-order chi connectivity index (χ0) is 9.97. The summed E-state index contributed by atoms with van der Waals surface area (Å²) in [4.78, 5) is 1.30. The molecule has 1 fully saturated rings. The molecule has 14 heavy (non-hydrogen) atoms. The maximum Gasteiger partial charge on any atom is 0.0524 e. The van der Waals surface area contributed by atoms with Crippen LogP contribution in [0.25, 0.3) is 0 Å². The van der Waals surface area contributed by atoms with Crippen LogP contribution in [0.5, 0.6) is 0 Å². The third-order valence-electron chi connectivity index (χ3n) is 2.32. The number of hydrogen-bond donors (Lipinski definition) is 0. The van der Waals surface area contributed by atoms with Crippen LogP contribution in [0.1, 0.15) is 5.56 Å². The van der Waals surface area contributed by atoms with E-state index in [4.69, 9.17) is 16.3 Å². The second kappa shape index (κ2) is 4.56. The maximum absolute atomic E-state index is 5.95. The Labute approximate surface area is 93.8 Å². The van der Waals surface area contributed by atoms with E-state index in [9.17, 15) is 0 Å². The van der Waals surface area contributed by atoms with Crippen molar-refractivity contribution in [3.05, 3.63) is 28.8 Å². The Hall–Kier alpha value is -0.180. The summed E-state index contributed by atoms with van der Waals surface area (Å²) in [6, 6.07) is 6.20. The molecule has 1 aromatic carbocycles. The fourth-order valence-corrected chi connectivity index (χ4v) is 2.46. The van der Waals surface area contributed by atoms with Crippen LogP contribution in [0.2, 0.25) is 5.02 Å². The first-order chi connectivity index (χ1) is 6.75. The molecule has 0 radical (unpaired) electrons. The predicted molar refractivity (Wildman–Crippen MR) is 61.2 cm³/mol.